The standard InChI is InChI=1S/C12H24N2O4/c1-14(12(17)6-3-4-8-15)10-11(16)13-7-5-9-18-2/h15H,3-10H2,1-2H3,(H,13,16). The van der Waals surface area contributed by atoms with E-state index in [9.17, 15) is 9.59 Å². The SMILES string of the molecule is COCCCNC(=O)CN(C)C(=O)CCCCO. The number of aliphatic hydroxyl groups excluding tert-OH is 1. The lowest BCUT2D eigenvalue weighted by Gasteiger charge is -2.16. The maximum Gasteiger partial charge on any atom is 0.239 e. The molecule has 0 radical (unpaired) electrons. The summed E-state index contributed by atoms with van der Waals surface area (Å²) in [5.41, 5.74) is 0. The van der Waals surface area contributed by atoms with Crippen molar-refractivity contribution in [2.24, 2.45) is 0 Å². The van der Waals surface area contributed by atoms with Gasteiger partial charge in [0.15, 0.2) is 0 Å². The van der Waals surface area contributed by atoms with Crippen molar-refractivity contribution in [1.82, 2.24) is 10.2 Å². The topological polar surface area (TPSA) is 78.9 Å². The second kappa shape index (κ2) is 11.0. The fraction of sp³-hybridized carbons (Fsp3) is 0.833. The minimum Gasteiger partial charge on any atom is -0.396 e. The van der Waals surface area contributed by atoms with E-state index in [1.165, 1.54) is 4.90 Å². The first-order chi connectivity index (χ1) is 8.61. The van der Waals surface area contributed by atoms with Crippen LogP contribution in [-0.4, -0.2) is 62.3 Å². The van der Waals surface area contributed by atoms with Gasteiger partial charge in [0.05, 0.1) is 6.54 Å². The van der Waals surface area contributed by atoms with E-state index in [1.807, 2.05) is 0 Å². The molecule has 0 aromatic rings. The number of rotatable bonds is 10. The monoisotopic (exact) mass is 260 g/mol. The predicted octanol–water partition coefficient (Wildman–Crippen LogP) is -0.240. The summed E-state index contributed by atoms with van der Waals surface area (Å²) in [5, 5.41) is 11.3. The van der Waals surface area contributed by atoms with E-state index in [0.717, 1.165) is 6.42 Å². The molecule has 0 heterocycles. The van der Waals surface area contributed by atoms with Crippen LogP contribution in [0.4, 0.5) is 0 Å². The Hall–Kier alpha value is -1.14. The second-order valence-electron chi connectivity index (χ2n) is 4.13. The number of hydrogen-bond acceptors (Lipinski definition) is 4. The van der Waals surface area contributed by atoms with Gasteiger partial charge in [-0.2, -0.15) is 0 Å². The largest absolute Gasteiger partial charge is 0.396 e. The van der Waals surface area contributed by atoms with Crippen molar-refractivity contribution in [1.29, 1.82) is 0 Å². The molecule has 2 amide bonds. The van der Waals surface area contributed by atoms with E-state index in [-0.39, 0.29) is 25.0 Å². The summed E-state index contributed by atoms with van der Waals surface area (Å²) in [6, 6.07) is 0. The molecule has 0 aromatic carbocycles. The number of amides is 2. The highest BCUT2D eigenvalue weighted by Crippen LogP contribution is 1.98. The maximum atomic E-state index is 11.6. The highest BCUT2D eigenvalue weighted by Gasteiger charge is 2.11. The molecule has 0 unspecified atom stereocenters. The quantitative estimate of drug-likeness (QED) is 0.531. The highest BCUT2D eigenvalue weighted by atomic mass is 16.5. The lowest BCUT2D eigenvalue weighted by Crippen LogP contribution is -2.38. The van der Waals surface area contributed by atoms with Crippen molar-refractivity contribution in [2.75, 3.05) is 40.5 Å². The number of aliphatic hydroxyl groups is 1. The van der Waals surface area contributed by atoms with E-state index in [4.69, 9.17) is 9.84 Å². The Morgan fingerprint density at radius 3 is 2.61 bits per heavy atom. The number of ether oxygens (including phenoxy) is 1. The Morgan fingerprint density at radius 1 is 1.28 bits per heavy atom. The third-order valence-electron chi connectivity index (χ3n) is 2.45. The number of nitrogens with zero attached hydrogens (tertiary/aromatic N) is 1. The first kappa shape index (κ1) is 16.9. The molecule has 18 heavy (non-hydrogen) atoms. The van der Waals surface area contributed by atoms with Crippen LogP contribution in [0.2, 0.25) is 0 Å². The fourth-order valence-electron chi connectivity index (χ4n) is 1.38. The summed E-state index contributed by atoms with van der Waals surface area (Å²) in [4.78, 5) is 24.4. The number of unbranched alkanes of at least 4 members (excludes halogenated alkanes) is 1. The molecular weight excluding hydrogens is 236 g/mol. The van der Waals surface area contributed by atoms with Crippen LogP contribution in [0.3, 0.4) is 0 Å². The van der Waals surface area contributed by atoms with E-state index in [1.54, 1.807) is 14.2 Å². The van der Waals surface area contributed by atoms with Gasteiger partial charge in [-0.3, -0.25) is 9.59 Å². The van der Waals surface area contributed by atoms with Gasteiger partial charge < -0.3 is 20.1 Å². The van der Waals surface area contributed by atoms with Crippen molar-refractivity contribution < 1.29 is 19.4 Å². The van der Waals surface area contributed by atoms with E-state index >= 15 is 0 Å². The molecule has 6 nitrogen and oxygen atoms in total. The van der Waals surface area contributed by atoms with Gasteiger partial charge in [-0.05, 0) is 19.3 Å². The molecule has 0 aromatic heterocycles. The molecule has 0 aliphatic heterocycles. The normalized spacial score (nSPS) is 10.2. The zero-order chi connectivity index (χ0) is 13.8. The lowest BCUT2D eigenvalue weighted by atomic mass is 10.2. The summed E-state index contributed by atoms with van der Waals surface area (Å²) >= 11 is 0. The second-order valence-corrected chi connectivity index (χ2v) is 4.13. The summed E-state index contributed by atoms with van der Waals surface area (Å²) in [6.07, 6.45) is 2.39. The fourth-order valence-corrected chi connectivity index (χ4v) is 1.38. The third kappa shape index (κ3) is 8.95. The van der Waals surface area contributed by atoms with Crippen LogP contribution in [-0.2, 0) is 14.3 Å². The number of hydrogen-bond donors (Lipinski definition) is 2. The summed E-state index contributed by atoms with van der Waals surface area (Å²) in [7, 11) is 3.22. The molecule has 0 fully saturated rings. The van der Waals surface area contributed by atoms with Crippen molar-refractivity contribution in [3.63, 3.8) is 0 Å². The Bertz CT molecular complexity index is 246. The molecule has 0 rings (SSSR count). The number of carbonyl (C=O) groups is 2. The smallest absolute Gasteiger partial charge is 0.239 e. The number of nitrogens with one attached hydrogen (secondary N) is 1. The van der Waals surface area contributed by atoms with Crippen LogP contribution in [0, 0.1) is 0 Å². The molecule has 2 N–H and O–H groups in total. The van der Waals surface area contributed by atoms with Gasteiger partial charge in [0.1, 0.15) is 0 Å². The van der Waals surface area contributed by atoms with Gasteiger partial charge in [-0.1, -0.05) is 0 Å². The summed E-state index contributed by atoms with van der Waals surface area (Å²) in [5.74, 6) is -0.236. The average Bonchev–Trinajstić information content (AvgIpc) is 2.34. The zero-order valence-electron chi connectivity index (χ0n) is 11.3. The highest BCUT2D eigenvalue weighted by molar-refractivity contribution is 5.84. The van der Waals surface area contributed by atoms with Crippen molar-refractivity contribution in [3.05, 3.63) is 0 Å². The van der Waals surface area contributed by atoms with Gasteiger partial charge in [0, 0.05) is 40.3 Å². The van der Waals surface area contributed by atoms with Crippen molar-refractivity contribution in [3.8, 4) is 0 Å². The molecule has 0 saturated heterocycles. The van der Waals surface area contributed by atoms with Crippen LogP contribution in [0.15, 0.2) is 0 Å². The molecule has 0 bridgehead atoms. The Morgan fingerprint density at radius 2 is 2.00 bits per heavy atom. The van der Waals surface area contributed by atoms with Crippen LogP contribution in [0.5, 0.6) is 0 Å². The lowest BCUT2D eigenvalue weighted by molar-refractivity contribution is -0.134. The predicted molar refractivity (Wildman–Crippen MR) is 68.1 cm³/mol. The van der Waals surface area contributed by atoms with Crippen LogP contribution in [0.1, 0.15) is 25.7 Å². The van der Waals surface area contributed by atoms with Crippen molar-refractivity contribution >= 4 is 11.8 Å². The van der Waals surface area contributed by atoms with E-state index in [2.05, 4.69) is 5.32 Å². The minimum atomic E-state index is -0.163. The summed E-state index contributed by atoms with van der Waals surface area (Å²) < 4.78 is 4.86. The number of likely N-dealkylation sites (N-methyl/N-ethyl adjacent to an activating group) is 1. The molecule has 0 aliphatic rings. The van der Waals surface area contributed by atoms with Gasteiger partial charge in [0.2, 0.25) is 11.8 Å². The van der Waals surface area contributed by atoms with Gasteiger partial charge in [-0.15, -0.1) is 0 Å². The Balaban J connectivity index is 3.68. The molecular formula is C12H24N2O4. The Kier molecular flexibility index (Phi) is 10.3. The van der Waals surface area contributed by atoms with Crippen LogP contribution in [0.25, 0.3) is 0 Å². The van der Waals surface area contributed by atoms with Gasteiger partial charge in [0.25, 0.3) is 0 Å². The molecule has 0 atom stereocenters. The molecule has 0 spiro atoms. The van der Waals surface area contributed by atoms with Gasteiger partial charge in [-0.25, -0.2) is 0 Å². The van der Waals surface area contributed by atoms with Crippen LogP contribution < -0.4 is 5.32 Å². The van der Waals surface area contributed by atoms with E-state index < -0.39 is 0 Å². The van der Waals surface area contributed by atoms with Crippen molar-refractivity contribution in [2.45, 2.75) is 25.7 Å². The number of carbonyl (C=O) groups excluding carboxylic acids is 2. The molecule has 0 saturated carbocycles. The summed E-state index contributed by atoms with van der Waals surface area (Å²) in [6.45, 7) is 1.33. The third-order valence-corrected chi connectivity index (χ3v) is 2.45. The molecule has 0 aliphatic carbocycles. The minimum absolute atomic E-state index is 0.0736. The first-order valence-electron chi connectivity index (χ1n) is 6.22. The van der Waals surface area contributed by atoms with E-state index in [0.29, 0.717) is 32.4 Å². The van der Waals surface area contributed by atoms with Gasteiger partial charge >= 0.3 is 0 Å². The Labute approximate surface area is 108 Å². The maximum absolute atomic E-state index is 11.6. The average molecular weight is 260 g/mol. The zero-order valence-corrected chi connectivity index (χ0v) is 11.3. The first-order valence-corrected chi connectivity index (χ1v) is 6.22. The molecule has 6 heteroatoms. The van der Waals surface area contributed by atoms with Crippen LogP contribution >= 0.6 is 0 Å². The number of methoxy groups -OCH3 is 1. The molecule has 106 valence electrons.